The van der Waals surface area contributed by atoms with Crippen LogP contribution >= 0.6 is 11.8 Å². The lowest BCUT2D eigenvalue weighted by atomic mass is 10.1. The van der Waals surface area contributed by atoms with E-state index in [0.29, 0.717) is 13.1 Å². The Balaban J connectivity index is 1.59. The molecule has 5 heteroatoms. The summed E-state index contributed by atoms with van der Waals surface area (Å²) in [6, 6.07) is 20.0. The van der Waals surface area contributed by atoms with Crippen LogP contribution < -0.4 is 0 Å². The second-order valence-corrected chi connectivity index (χ2v) is 7.44. The van der Waals surface area contributed by atoms with Gasteiger partial charge in [0.1, 0.15) is 5.44 Å². The Morgan fingerprint density at radius 1 is 0.917 bits per heavy atom. The highest BCUT2D eigenvalue weighted by Gasteiger charge is 2.52. The van der Waals surface area contributed by atoms with Crippen molar-refractivity contribution in [1.82, 2.24) is 9.80 Å². The monoisotopic (exact) mass is 340 g/mol. The molecule has 2 aliphatic rings. The molecule has 2 aliphatic heterocycles. The SMILES string of the molecule is O=C1N(Cc2ccccc2)[C@@H]2[C@@H](O)SC[C@@H]2N1Cc1ccccc1. The molecule has 2 saturated heterocycles. The van der Waals surface area contributed by atoms with Gasteiger partial charge in [0.25, 0.3) is 0 Å². The van der Waals surface area contributed by atoms with E-state index in [4.69, 9.17) is 0 Å². The zero-order valence-corrected chi connectivity index (χ0v) is 14.1. The highest BCUT2D eigenvalue weighted by molar-refractivity contribution is 8.00. The fraction of sp³-hybridized carbons (Fsp3) is 0.316. The first kappa shape index (κ1) is 15.5. The van der Waals surface area contributed by atoms with Crippen molar-refractivity contribution in [3.8, 4) is 0 Å². The summed E-state index contributed by atoms with van der Waals surface area (Å²) in [5.74, 6) is 0.787. The number of amides is 2. The van der Waals surface area contributed by atoms with Gasteiger partial charge in [-0.1, -0.05) is 60.7 Å². The number of carbonyl (C=O) groups excluding carboxylic acids is 1. The standard InChI is InChI=1S/C19H20N2O2S/c22-18-17-16(13-24-18)20(11-14-7-3-1-4-8-14)19(23)21(17)12-15-9-5-2-6-10-15/h1-10,16-18,22H,11-13H2/t16-,17-,18-/m0/s1. The van der Waals surface area contributed by atoms with Crippen LogP contribution in [0.3, 0.4) is 0 Å². The largest absolute Gasteiger partial charge is 0.380 e. The van der Waals surface area contributed by atoms with E-state index in [0.717, 1.165) is 16.9 Å². The molecule has 4 rings (SSSR count). The minimum Gasteiger partial charge on any atom is -0.380 e. The summed E-state index contributed by atoms with van der Waals surface area (Å²) in [6.45, 7) is 1.14. The quantitative estimate of drug-likeness (QED) is 0.871. The lowest BCUT2D eigenvalue weighted by molar-refractivity contribution is 0.139. The number of rotatable bonds is 4. The smallest absolute Gasteiger partial charge is 0.321 e. The van der Waals surface area contributed by atoms with E-state index in [1.54, 1.807) is 0 Å². The van der Waals surface area contributed by atoms with Gasteiger partial charge in [0, 0.05) is 18.8 Å². The Morgan fingerprint density at radius 3 is 2.04 bits per heavy atom. The van der Waals surface area contributed by atoms with Gasteiger partial charge in [-0.15, -0.1) is 11.8 Å². The van der Waals surface area contributed by atoms with E-state index in [-0.39, 0.29) is 18.1 Å². The van der Waals surface area contributed by atoms with Crippen LogP contribution in [0, 0.1) is 0 Å². The van der Waals surface area contributed by atoms with Crippen LogP contribution in [-0.2, 0) is 13.1 Å². The fourth-order valence-corrected chi connectivity index (χ4v) is 4.87. The fourth-order valence-electron chi connectivity index (χ4n) is 3.57. The number of nitrogens with zero attached hydrogens (tertiary/aromatic N) is 2. The summed E-state index contributed by atoms with van der Waals surface area (Å²) in [4.78, 5) is 16.8. The molecule has 2 aromatic rings. The molecule has 124 valence electrons. The molecule has 2 heterocycles. The van der Waals surface area contributed by atoms with Gasteiger partial charge in [0.05, 0.1) is 12.1 Å². The van der Waals surface area contributed by atoms with E-state index < -0.39 is 5.44 Å². The number of carbonyl (C=O) groups is 1. The van der Waals surface area contributed by atoms with E-state index in [2.05, 4.69) is 0 Å². The summed E-state index contributed by atoms with van der Waals surface area (Å²) in [7, 11) is 0. The first-order chi connectivity index (χ1) is 11.7. The molecular weight excluding hydrogens is 320 g/mol. The summed E-state index contributed by atoms with van der Waals surface area (Å²) >= 11 is 1.54. The number of thioether (sulfide) groups is 1. The molecule has 0 unspecified atom stereocenters. The second-order valence-electron chi connectivity index (χ2n) is 6.29. The van der Waals surface area contributed by atoms with Gasteiger partial charge in [-0.2, -0.15) is 0 Å². The van der Waals surface area contributed by atoms with Crippen LogP contribution in [0.2, 0.25) is 0 Å². The highest BCUT2D eigenvalue weighted by Crippen LogP contribution is 2.39. The number of hydrogen-bond acceptors (Lipinski definition) is 3. The molecule has 2 fully saturated rings. The average Bonchev–Trinajstić information content (AvgIpc) is 3.11. The third-order valence-corrected chi connectivity index (χ3v) is 5.92. The summed E-state index contributed by atoms with van der Waals surface area (Å²) < 4.78 is 0. The first-order valence-electron chi connectivity index (χ1n) is 8.19. The highest BCUT2D eigenvalue weighted by atomic mass is 32.2. The van der Waals surface area contributed by atoms with Gasteiger partial charge in [0.2, 0.25) is 0 Å². The van der Waals surface area contributed by atoms with Gasteiger partial charge in [-0.3, -0.25) is 0 Å². The molecule has 4 nitrogen and oxygen atoms in total. The topological polar surface area (TPSA) is 43.8 Å². The van der Waals surface area contributed by atoms with Crippen LogP contribution in [0.1, 0.15) is 11.1 Å². The molecule has 0 aliphatic carbocycles. The normalized spacial score (nSPS) is 26.0. The first-order valence-corrected chi connectivity index (χ1v) is 9.23. The Labute approximate surface area is 146 Å². The summed E-state index contributed by atoms with van der Waals surface area (Å²) in [5, 5.41) is 10.4. The number of benzene rings is 2. The Kier molecular flexibility index (Phi) is 4.21. The van der Waals surface area contributed by atoms with Crippen molar-refractivity contribution >= 4 is 17.8 Å². The Morgan fingerprint density at radius 2 is 1.46 bits per heavy atom. The summed E-state index contributed by atoms with van der Waals surface area (Å²) in [5.41, 5.74) is 1.70. The lowest BCUT2D eigenvalue weighted by Gasteiger charge is -2.24. The Hall–Kier alpha value is -1.98. The van der Waals surface area contributed by atoms with Crippen molar-refractivity contribution in [2.24, 2.45) is 0 Å². The van der Waals surface area contributed by atoms with Crippen molar-refractivity contribution in [3.63, 3.8) is 0 Å². The van der Waals surface area contributed by atoms with Crippen LogP contribution in [0.15, 0.2) is 60.7 Å². The minimum absolute atomic E-state index is 0.0251. The summed E-state index contributed by atoms with van der Waals surface area (Å²) in [6.07, 6.45) is 0. The third kappa shape index (κ3) is 2.78. The van der Waals surface area contributed by atoms with E-state index >= 15 is 0 Å². The van der Waals surface area contributed by atoms with Crippen LogP contribution in [0.25, 0.3) is 0 Å². The average molecular weight is 340 g/mol. The van der Waals surface area contributed by atoms with Crippen LogP contribution in [-0.4, -0.2) is 44.2 Å². The van der Waals surface area contributed by atoms with E-state index in [9.17, 15) is 9.90 Å². The predicted octanol–water partition coefficient (Wildman–Crippen LogP) is 2.93. The number of urea groups is 1. The minimum atomic E-state index is -0.511. The zero-order chi connectivity index (χ0) is 16.5. The number of aliphatic hydroxyl groups is 1. The molecule has 2 amide bonds. The molecule has 1 N–H and O–H groups in total. The second kappa shape index (κ2) is 6.49. The molecule has 2 aromatic carbocycles. The van der Waals surface area contributed by atoms with Crippen molar-refractivity contribution in [2.75, 3.05) is 5.75 Å². The lowest BCUT2D eigenvalue weighted by Crippen LogP contribution is -2.40. The zero-order valence-electron chi connectivity index (χ0n) is 13.3. The predicted molar refractivity (Wildman–Crippen MR) is 95.4 cm³/mol. The molecule has 0 aromatic heterocycles. The number of hydrogen-bond donors (Lipinski definition) is 1. The van der Waals surface area contributed by atoms with Gasteiger partial charge in [-0.05, 0) is 11.1 Å². The molecular formula is C19H20N2O2S. The maximum Gasteiger partial charge on any atom is 0.321 e. The number of fused-ring (bicyclic) bond motifs is 1. The van der Waals surface area contributed by atoms with Gasteiger partial charge >= 0.3 is 6.03 Å². The molecule has 3 atom stereocenters. The van der Waals surface area contributed by atoms with Crippen molar-refractivity contribution in [2.45, 2.75) is 30.6 Å². The van der Waals surface area contributed by atoms with Crippen molar-refractivity contribution in [3.05, 3.63) is 71.8 Å². The van der Waals surface area contributed by atoms with Crippen LogP contribution in [0.5, 0.6) is 0 Å². The van der Waals surface area contributed by atoms with Crippen LogP contribution in [0.4, 0.5) is 4.79 Å². The Bertz CT molecular complexity index is 710. The van der Waals surface area contributed by atoms with Gasteiger partial charge in [-0.25, -0.2) is 4.79 Å². The molecule has 0 radical (unpaired) electrons. The number of aliphatic hydroxyl groups excluding tert-OH is 1. The maximum absolute atomic E-state index is 13.0. The maximum atomic E-state index is 13.0. The molecule has 0 bridgehead atoms. The van der Waals surface area contributed by atoms with Crippen molar-refractivity contribution in [1.29, 1.82) is 0 Å². The molecule has 24 heavy (non-hydrogen) atoms. The third-order valence-electron chi connectivity index (χ3n) is 4.77. The van der Waals surface area contributed by atoms with E-state index in [1.165, 1.54) is 11.8 Å². The van der Waals surface area contributed by atoms with Crippen molar-refractivity contribution < 1.29 is 9.90 Å². The molecule has 0 spiro atoms. The van der Waals surface area contributed by atoms with E-state index in [1.807, 2.05) is 70.5 Å². The van der Waals surface area contributed by atoms with Gasteiger partial charge in [0.15, 0.2) is 0 Å². The molecule has 0 saturated carbocycles. The van der Waals surface area contributed by atoms with Gasteiger partial charge < -0.3 is 14.9 Å².